The summed E-state index contributed by atoms with van der Waals surface area (Å²) >= 11 is 1.14. The number of nitrogens with zero attached hydrogens (tertiary/aromatic N) is 4. The standard InChI is InChI=1S/C13H10N4O2S/c1-16-11(12-5-6-13(20-12)17(18)19)8-10(15-16)9-4-2-3-7-14-9/h2-8H,1H3. The molecule has 0 aliphatic heterocycles. The van der Waals surface area contributed by atoms with Crippen LogP contribution < -0.4 is 0 Å². The minimum atomic E-state index is -0.385. The SMILES string of the molecule is Cn1nc(-c2ccccn2)cc1-c1ccc([N+](=O)[O-])s1. The molecule has 0 amide bonds. The van der Waals surface area contributed by atoms with E-state index in [1.807, 2.05) is 31.3 Å². The maximum absolute atomic E-state index is 10.7. The van der Waals surface area contributed by atoms with E-state index in [1.165, 1.54) is 6.07 Å². The topological polar surface area (TPSA) is 73.8 Å². The predicted octanol–water partition coefficient (Wildman–Crippen LogP) is 3.12. The Balaban J connectivity index is 2.02. The summed E-state index contributed by atoms with van der Waals surface area (Å²) in [7, 11) is 1.81. The van der Waals surface area contributed by atoms with E-state index in [-0.39, 0.29) is 9.92 Å². The zero-order valence-electron chi connectivity index (χ0n) is 10.6. The molecular formula is C13H10N4O2S. The quantitative estimate of drug-likeness (QED) is 0.547. The van der Waals surface area contributed by atoms with Crippen LogP contribution >= 0.6 is 11.3 Å². The average Bonchev–Trinajstić information content (AvgIpc) is 3.06. The molecule has 3 heterocycles. The summed E-state index contributed by atoms with van der Waals surface area (Å²) in [6.45, 7) is 0. The Labute approximate surface area is 118 Å². The number of thiophene rings is 1. The fourth-order valence-corrected chi connectivity index (χ4v) is 2.77. The second-order valence-electron chi connectivity index (χ2n) is 4.15. The molecular weight excluding hydrogens is 276 g/mol. The third-order valence-electron chi connectivity index (χ3n) is 2.83. The summed E-state index contributed by atoms with van der Waals surface area (Å²) in [6.07, 6.45) is 1.71. The summed E-state index contributed by atoms with van der Waals surface area (Å²) in [5, 5.41) is 15.3. The molecule has 0 spiro atoms. The Morgan fingerprint density at radius 3 is 2.75 bits per heavy atom. The predicted molar refractivity (Wildman–Crippen MR) is 76.4 cm³/mol. The third kappa shape index (κ3) is 2.19. The number of rotatable bonds is 3. The highest BCUT2D eigenvalue weighted by Crippen LogP contribution is 2.33. The molecule has 0 unspecified atom stereocenters. The van der Waals surface area contributed by atoms with Gasteiger partial charge in [-0.3, -0.25) is 19.8 Å². The fourth-order valence-electron chi connectivity index (χ4n) is 1.90. The van der Waals surface area contributed by atoms with Gasteiger partial charge in [0.15, 0.2) is 0 Å². The van der Waals surface area contributed by atoms with E-state index in [2.05, 4.69) is 10.1 Å². The van der Waals surface area contributed by atoms with Gasteiger partial charge < -0.3 is 0 Å². The average molecular weight is 286 g/mol. The molecule has 6 nitrogen and oxygen atoms in total. The van der Waals surface area contributed by atoms with E-state index < -0.39 is 0 Å². The van der Waals surface area contributed by atoms with Crippen LogP contribution in [0.25, 0.3) is 22.0 Å². The van der Waals surface area contributed by atoms with Gasteiger partial charge in [0, 0.05) is 19.3 Å². The van der Waals surface area contributed by atoms with Crippen molar-refractivity contribution in [1.82, 2.24) is 14.8 Å². The molecule has 3 aromatic heterocycles. The largest absolute Gasteiger partial charge is 0.324 e. The zero-order chi connectivity index (χ0) is 14.1. The lowest BCUT2D eigenvalue weighted by Gasteiger charge is -1.95. The molecule has 7 heteroatoms. The van der Waals surface area contributed by atoms with Crippen LogP contribution in [0.5, 0.6) is 0 Å². The Hall–Kier alpha value is -2.54. The molecule has 3 rings (SSSR count). The summed E-state index contributed by atoms with van der Waals surface area (Å²) < 4.78 is 1.71. The van der Waals surface area contributed by atoms with Crippen molar-refractivity contribution in [3.05, 3.63) is 52.7 Å². The number of hydrogen-bond acceptors (Lipinski definition) is 5. The van der Waals surface area contributed by atoms with Crippen molar-refractivity contribution in [3.63, 3.8) is 0 Å². The molecule has 0 fully saturated rings. The van der Waals surface area contributed by atoms with Gasteiger partial charge in [0.05, 0.1) is 21.2 Å². The summed E-state index contributed by atoms with van der Waals surface area (Å²) in [4.78, 5) is 15.4. The first kappa shape index (κ1) is 12.5. The van der Waals surface area contributed by atoms with Crippen molar-refractivity contribution in [3.8, 4) is 22.0 Å². The van der Waals surface area contributed by atoms with Crippen LogP contribution in [0.4, 0.5) is 5.00 Å². The monoisotopic (exact) mass is 286 g/mol. The van der Waals surface area contributed by atoms with E-state index in [4.69, 9.17) is 0 Å². The van der Waals surface area contributed by atoms with Crippen LogP contribution in [0, 0.1) is 10.1 Å². The van der Waals surface area contributed by atoms with E-state index in [9.17, 15) is 10.1 Å². The van der Waals surface area contributed by atoms with E-state index in [1.54, 1.807) is 16.9 Å². The lowest BCUT2D eigenvalue weighted by atomic mass is 10.2. The van der Waals surface area contributed by atoms with Crippen molar-refractivity contribution >= 4 is 16.3 Å². The summed E-state index contributed by atoms with van der Waals surface area (Å²) in [5.74, 6) is 0. The molecule has 0 aliphatic rings. The Bertz CT molecular complexity index is 764. The van der Waals surface area contributed by atoms with Crippen LogP contribution in [0.15, 0.2) is 42.6 Å². The molecule has 0 radical (unpaired) electrons. The molecule has 0 saturated heterocycles. The molecule has 0 N–H and O–H groups in total. The Morgan fingerprint density at radius 2 is 2.10 bits per heavy atom. The number of pyridine rings is 1. The van der Waals surface area contributed by atoms with Crippen molar-refractivity contribution in [2.24, 2.45) is 7.05 Å². The van der Waals surface area contributed by atoms with Gasteiger partial charge in [-0.15, -0.1) is 0 Å². The van der Waals surface area contributed by atoms with Crippen molar-refractivity contribution in [2.45, 2.75) is 0 Å². The van der Waals surface area contributed by atoms with Crippen molar-refractivity contribution in [2.75, 3.05) is 0 Å². The van der Waals surface area contributed by atoms with Gasteiger partial charge in [0.1, 0.15) is 5.69 Å². The van der Waals surface area contributed by atoms with Crippen LogP contribution in [0.1, 0.15) is 0 Å². The van der Waals surface area contributed by atoms with Gasteiger partial charge in [0.2, 0.25) is 0 Å². The smallest absolute Gasteiger partial charge is 0.266 e. The van der Waals surface area contributed by atoms with Crippen LogP contribution in [-0.4, -0.2) is 19.7 Å². The summed E-state index contributed by atoms with van der Waals surface area (Å²) in [5.41, 5.74) is 2.36. The fraction of sp³-hybridized carbons (Fsp3) is 0.0769. The zero-order valence-corrected chi connectivity index (χ0v) is 11.4. The molecule has 3 aromatic rings. The molecule has 0 saturated carbocycles. The number of nitro groups is 1. The van der Waals surface area contributed by atoms with Gasteiger partial charge in [-0.25, -0.2) is 0 Å². The normalized spacial score (nSPS) is 10.7. The number of hydrogen-bond donors (Lipinski definition) is 0. The summed E-state index contributed by atoms with van der Waals surface area (Å²) in [6, 6.07) is 10.7. The first-order chi connectivity index (χ1) is 9.65. The highest BCUT2D eigenvalue weighted by Gasteiger charge is 2.15. The van der Waals surface area contributed by atoms with Crippen LogP contribution in [0.2, 0.25) is 0 Å². The minimum absolute atomic E-state index is 0.126. The van der Waals surface area contributed by atoms with Crippen molar-refractivity contribution < 1.29 is 4.92 Å². The first-order valence-electron chi connectivity index (χ1n) is 5.85. The molecule has 0 bridgehead atoms. The lowest BCUT2D eigenvalue weighted by Crippen LogP contribution is -1.92. The number of aryl methyl sites for hydroxylation is 1. The third-order valence-corrected chi connectivity index (χ3v) is 3.89. The van der Waals surface area contributed by atoms with Gasteiger partial charge >= 0.3 is 5.00 Å². The Morgan fingerprint density at radius 1 is 1.25 bits per heavy atom. The van der Waals surface area contributed by atoms with Crippen LogP contribution in [-0.2, 0) is 7.05 Å². The number of aromatic nitrogens is 3. The van der Waals surface area contributed by atoms with Gasteiger partial charge in [-0.1, -0.05) is 17.4 Å². The molecule has 0 aliphatic carbocycles. The second-order valence-corrected chi connectivity index (χ2v) is 5.21. The van der Waals surface area contributed by atoms with Crippen LogP contribution in [0.3, 0.4) is 0 Å². The highest BCUT2D eigenvalue weighted by molar-refractivity contribution is 7.18. The van der Waals surface area contributed by atoms with Gasteiger partial charge in [0.25, 0.3) is 0 Å². The van der Waals surface area contributed by atoms with Gasteiger partial charge in [-0.2, -0.15) is 5.10 Å². The van der Waals surface area contributed by atoms with Crippen molar-refractivity contribution in [1.29, 1.82) is 0 Å². The molecule has 0 aromatic carbocycles. The maximum Gasteiger partial charge on any atom is 0.324 e. The first-order valence-corrected chi connectivity index (χ1v) is 6.67. The minimum Gasteiger partial charge on any atom is -0.266 e. The molecule has 100 valence electrons. The molecule has 20 heavy (non-hydrogen) atoms. The lowest BCUT2D eigenvalue weighted by molar-refractivity contribution is -0.380. The Kier molecular flexibility index (Phi) is 3.03. The highest BCUT2D eigenvalue weighted by atomic mass is 32.1. The van der Waals surface area contributed by atoms with E-state index >= 15 is 0 Å². The molecule has 0 atom stereocenters. The van der Waals surface area contributed by atoms with Gasteiger partial charge in [-0.05, 0) is 24.3 Å². The van der Waals surface area contributed by atoms with E-state index in [0.29, 0.717) is 0 Å². The van der Waals surface area contributed by atoms with E-state index in [0.717, 1.165) is 33.3 Å². The maximum atomic E-state index is 10.7. The second kappa shape index (κ2) is 4.86.